The molecule has 6 rings (SSSR count). The van der Waals surface area contributed by atoms with Crippen LogP contribution in [0.5, 0.6) is 11.5 Å². The van der Waals surface area contributed by atoms with Gasteiger partial charge in [-0.3, -0.25) is 4.99 Å². The largest absolute Gasteiger partial charge is 0.508 e. The van der Waals surface area contributed by atoms with E-state index in [4.69, 9.17) is 4.99 Å². The van der Waals surface area contributed by atoms with E-state index >= 15 is 0 Å². The van der Waals surface area contributed by atoms with Gasteiger partial charge in [-0.2, -0.15) is 0 Å². The van der Waals surface area contributed by atoms with E-state index in [1.54, 1.807) is 12.1 Å². The number of phenolic OH excluding ortho intramolecular Hbond substituents is 2. The first-order valence-corrected chi connectivity index (χ1v) is 13.4. The normalized spacial score (nSPS) is 19.4. The first kappa shape index (κ1) is 22.9. The van der Waals surface area contributed by atoms with Crippen molar-refractivity contribution in [3.8, 4) is 11.5 Å². The van der Waals surface area contributed by atoms with Gasteiger partial charge in [-0.15, -0.1) is 5.73 Å². The second-order valence-corrected chi connectivity index (χ2v) is 10.4. The number of phenols is 2. The maximum atomic E-state index is 10.7. The molecule has 0 spiro atoms. The van der Waals surface area contributed by atoms with Crippen molar-refractivity contribution in [3.05, 3.63) is 105 Å². The van der Waals surface area contributed by atoms with Crippen LogP contribution in [0.1, 0.15) is 83.5 Å². The number of aromatic hydroxyl groups is 2. The molecule has 1 aliphatic heterocycles. The maximum Gasteiger partial charge on any atom is 0.124 e. The summed E-state index contributed by atoms with van der Waals surface area (Å²) in [5.41, 5.74) is 14.8. The Morgan fingerprint density at radius 2 is 1.28 bits per heavy atom. The van der Waals surface area contributed by atoms with Gasteiger partial charge in [0.1, 0.15) is 17.5 Å². The monoisotopic (exact) mass is 475 g/mol. The van der Waals surface area contributed by atoms with Gasteiger partial charge in [0.25, 0.3) is 0 Å². The van der Waals surface area contributed by atoms with Gasteiger partial charge in [-0.25, -0.2) is 0 Å². The molecule has 182 valence electrons. The Bertz CT molecular complexity index is 1410. The summed E-state index contributed by atoms with van der Waals surface area (Å²) in [5.74, 6) is 0.109. The smallest absolute Gasteiger partial charge is 0.124 e. The lowest BCUT2D eigenvalue weighted by Gasteiger charge is -2.21. The molecule has 1 unspecified atom stereocenters. The maximum absolute atomic E-state index is 10.7. The van der Waals surface area contributed by atoms with Gasteiger partial charge in [0.2, 0.25) is 0 Å². The van der Waals surface area contributed by atoms with Crippen molar-refractivity contribution in [1.29, 1.82) is 0 Å². The number of nitrogens with zero attached hydrogens (tertiary/aromatic N) is 1. The zero-order valence-electron chi connectivity index (χ0n) is 20.8. The zero-order chi connectivity index (χ0) is 24.5. The van der Waals surface area contributed by atoms with Gasteiger partial charge in [0.05, 0.1) is 0 Å². The summed E-state index contributed by atoms with van der Waals surface area (Å²) >= 11 is 0. The molecule has 0 saturated carbocycles. The number of aryl methyl sites for hydroxylation is 4. The van der Waals surface area contributed by atoms with Crippen LogP contribution in [0.25, 0.3) is 5.57 Å². The molecule has 0 saturated heterocycles. The predicted molar refractivity (Wildman–Crippen MR) is 146 cm³/mol. The molecule has 3 nitrogen and oxygen atoms in total. The standard InChI is InChI=1S/C33H33NO2/c35-29-15-16-30(33(36)21-29)32-18-14-24(27-11-9-22-5-1-3-7-25(22)19-27)13-17-31(34-32)28-12-10-23-6-2-4-8-26(23)20-28/h9-12,15-16,18-21,32,35-36H,1-8,13,17H2. The Kier molecular flexibility index (Phi) is 6.25. The van der Waals surface area contributed by atoms with E-state index < -0.39 is 0 Å². The summed E-state index contributed by atoms with van der Waals surface area (Å²) in [6.07, 6.45) is 13.4. The molecule has 0 aromatic heterocycles. The fourth-order valence-corrected chi connectivity index (χ4v) is 5.99. The van der Waals surface area contributed by atoms with Crippen LogP contribution in [0.3, 0.4) is 0 Å². The minimum atomic E-state index is -0.371. The molecule has 0 amide bonds. The van der Waals surface area contributed by atoms with Gasteiger partial charge in [0.15, 0.2) is 0 Å². The third-order valence-corrected chi connectivity index (χ3v) is 8.03. The van der Waals surface area contributed by atoms with Crippen LogP contribution in [-0.4, -0.2) is 15.9 Å². The van der Waals surface area contributed by atoms with E-state index in [0.717, 1.165) is 31.4 Å². The van der Waals surface area contributed by atoms with Gasteiger partial charge in [-0.05, 0) is 122 Å². The van der Waals surface area contributed by atoms with Gasteiger partial charge in [-0.1, -0.05) is 30.3 Å². The van der Waals surface area contributed by atoms with Crippen molar-refractivity contribution >= 4 is 11.3 Å². The molecule has 2 N–H and O–H groups in total. The van der Waals surface area contributed by atoms with Gasteiger partial charge in [0, 0.05) is 22.9 Å². The van der Waals surface area contributed by atoms with E-state index in [0.29, 0.717) is 5.56 Å². The van der Waals surface area contributed by atoms with Crippen molar-refractivity contribution in [3.63, 3.8) is 0 Å². The van der Waals surface area contributed by atoms with Crippen LogP contribution in [0, 0.1) is 0 Å². The van der Waals surface area contributed by atoms with Crippen molar-refractivity contribution < 1.29 is 10.2 Å². The number of aliphatic imine (C=N–C) groups is 1. The quantitative estimate of drug-likeness (QED) is 0.387. The Morgan fingerprint density at radius 3 is 1.97 bits per heavy atom. The molecule has 0 radical (unpaired) electrons. The average molecular weight is 476 g/mol. The van der Waals surface area contributed by atoms with E-state index in [1.165, 1.54) is 83.5 Å². The van der Waals surface area contributed by atoms with Crippen molar-refractivity contribution in [2.45, 2.75) is 70.3 Å². The van der Waals surface area contributed by atoms with E-state index in [2.05, 4.69) is 42.1 Å². The molecule has 2 aliphatic carbocycles. The van der Waals surface area contributed by atoms with Crippen molar-refractivity contribution in [2.24, 2.45) is 4.99 Å². The number of benzene rings is 3. The Labute approximate surface area is 213 Å². The van der Waals surface area contributed by atoms with E-state index in [1.807, 2.05) is 6.08 Å². The highest BCUT2D eigenvalue weighted by molar-refractivity contribution is 6.02. The third-order valence-electron chi connectivity index (χ3n) is 8.03. The topological polar surface area (TPSA) is 52.8 Å². The highest BCUT2D eigenvalue weighted by Gasteiger charge is 2.19. The first-order valence-electron chi connectivity index (χ1n) is 13.4. The summed E-state index contributed by atoms with van der Waals surface area (Å²) in [6.45, 7) is 0. The van der Waals surface area contributed by atoms with Crippen LogP contribution < -0.4 is 0 Å². The SMILES string of the molecule is Oc1ccc(C2C=C=C(c3ccc4c(c3)CCCC4)CCC(c3ccc4c(c3)CCCC4)=N2)c(O)c1. The molecular formula is C33H33NO2. The molecule has 36 heavy (non-hydrogen) atoms. The third kappa shape index (κ3) is 4.64. The number of fused-ring (bicyclic) bond motifs is 2. The molecule has 3 aromatic carbocycles. The molecule has 3 aliphatic rings. The summed E-state index contributed by atoms with van der Waals surface area (Å²) in [4.78, 5) is 5.16. The molecular weight excluding hydrogens is 442 g/mol. The summed E-state index contributed by atoms with van der Waals surface area (Å²) < 4.78 is 0. The lowest BCUT2D eigenvalue weighted by Crippen LogP contribution is -2.10. The molecule has 0 fully saturated rings. The molecule has 3 aromatic rings. The van der Waals surface area contributed by atoms with E-state index in [9.17, 15) is 10.2 Å². The summed E-state index contributed by atoms with van der Waals surface area (Å²) in [7, 11) is 0. The van der Waals surface area contributed by atoms with Crippen molar-refractivity contribution in [1.82, 2.24) is 0 Å². The Morgan fingerprint density at radius 1 is 0.639 bits per heavy atom. The van der Waals surface area contributed by atoms with Crippen LogP contribution in [0.4, 0.5) is 0 Å². The zero-order valence-corrected chi connectivity index (χ0v) is 20.8. The lowest BCUT2D eigenvalue weighted by atomic mass is 9.87. The first-order chi connectivity index (χ1) is 17.6. The van der Waals surface area contributed by atoms with Gasteiger partial charge >= 0.3 is 0 Å². The Hall–Kier alpha value is -3.55. The molecule has 1 heterocycles. The number of hydrogen-bond acceptors (Lipinski definition) is 3. The average Bonchev–Trinajstić information content (AvgIpc) is 2.89. The Balaban J connectivity index is 1.42. The summed E-state index contributed by atoms with van der Waals surface area (Å²) in [6, 6.07) is 18.2. The predicted octanol–water partition coefficient (Wildman–Crippen LogP) is 7.42. The van der Waals surface area contributed by atoms with E-state index in [-0.39, 0.29) is 17.5 Å². The fraction of sp³-hybridized carbons (Fsp3) is 0.333. The second kappa shape index (κ2) is 9.84. The molecule has 1 atom stereocenters. The molecule has 0 bridgehead atoms. The molecule has 3 heteroatoms. The van der Waals surface area contributed by atoms with Gasteiger partial charge < -0.3 is 10.2 Å². The second-order valence-electron chi connectivity index (χ2n) is 10.4. The van der Waals surface area contributed by atoms with Crippen LogP contribution in [-0.2, 0) is 25.7 Å². The van der Waals surface area contributed by atoms with Crippen LogP contribution in [0.2, 0.25) is 0 Å². The lowest BCUT2D eigenvalue weighted by molar-refractivity contribution is 0.444. The minimum Gasteiger partial charge on any atom is -0.508 e. The fourth-order valence-electron chi connectivity index (χ4n) is 5.99. The highest BCUT2D eigenvalue weighted by atomic mass is 16.3. The highest BCUT2D eigenvalue weighted by Crippen LogP contribution is 2.35. The number of rotatable bonds is 3. The van der Waals surface area contributed by atoms with Crippen LogP contribution in [0.15, 0.2) is 71.4 Å². The summed E-state index contributed by atoms with van der Waals surface area (Å²) in [5, 5.41) is 20.5. The number of hydrogen-bond donors (Lipinski definition) is 2. The van der Waals surface area contributed by atoms with Crippen molar-refractivity contribution in [2.75, 3.05) is 0 Å². The van der Waals surface area contributed by atoms with Crippen LogP contribution >= 0.6 is 0 Å². The minimum absolute atomic E-state index is 0.0512.